The number of hydrogen-bond donors (Lipinski definition) is 5. The third-order valence-electron chi connectivity index (χ3n) is 8.63. The summed E-state index contributed by atoms with van der Waals surface area (Å²) in [7, 11) is 0. The lowest BCUT2D eigenvalue weighted by Crippen LogP contribution is -2.50. The van der Waals surface area contributed by atoms with Gasteiger partial charge in [-0.2, -0.15) is 0 Å². The molecule has 0 saturated carbocycles. The first-order valence-corrected chi connectivity index (χ1v) is 21.4. The minimum Gasteiger partial charge on any atom is -0.479 e. The number of carboxylic acids is 1. The number of carbonyl (C=O) groups is 7. The van der Waals surface area contributed by atoms with E-state index in [1.165, 1.54) is 36.4 Å². The van der Waals surface area contributed by atoms with E-state index in [9.17, 15) is 52.6 Å². The Morgan fingerprint density at radius 3 is 1.33 bits per heavy atom. The molecule has 0 heterocycles. The average molecular weight is 1010 g/mol. The standard InChI is InChI=1S/C25H28ClFN2O8.C22H24ClFN2O6/c1-15(30)35-14-36-23(33)21(31)13-29(28-22(32)24(34)37-25(2,3)4)12-16-5-7-17(8-6-16)19-11-18(26)9-10-20(19)27;1-22(2,3)32-21(31)19(28)25-26(12-18(27)20(29)30)11-13-4-6-14(7-5-13)16-10-15(23)8-9-17(16)24/h5-11,21,31H,12-14H2,1-4H3,(H,28,32);4-10,18,27H,11-12H2,1-3H3,(H,25,28)(H,29,30)/t21-;18-/m11/s1. The summed E-state index contributed by atoms with van der Waals surface area (Å²) in [6, 6.07) is 21.4. The Labute approximate surface area is 405 Å². The van der Waals surface area contributed by atoms with E-state index < -0.39 is 96.6 Å². The Kier molecular flexibility index (Phi) is 21.2. The number of nitrogens with zero attached hydrogens (tertiary/aromatic N) is 2. The molecule has 2 amide bonds. The van der Waals surface area contributed by atoms with E-state index in [1.807, 2.05) is 0 Å². The van der Waals surface area contributed by atoms with Crippen molar-refractivity contribution in [3.8, 4) is 22.3 Å². The largest absolute Gasteiger partial charge is 0.479 e. The highest BCUT2D eigenvalue weighted by Crippen LogP contribution is 2.28. The van der Waals surface area contributed by atoms with Crippen LogP contribution in [0.15, 0.2) is 84.9 Å². The van der Waals surface area contributed by atoms with E-state index in [1.54, 1.807) is 90.1 Å². The van der Waals surface area contributed by atoms with Gasteiger partial charge in [0.1, 0.15) is 22.8 Å². The number of amides is 2. The lowest BCUT2D eigenvalue weighted by atomic mass is 10.0. The molecule has 0 unspecified atom stereocenters. The molecule has 372 valence electrons. The Morgan fingerprint density at radius 1 is 0.609 bits per heavy atom. The van der Waals surface area contributed by atoms with Gasteiger partial charge < -0.3 is 34.3 Å². The molecule has 0 radical (unpaired) electrons. The van der Waals surface area contributed by atoms with Crippen LogP contribution < -0.4 is 10.9 Å². The molecule has 18 nitrogen and oxygen atoms in total. The molecule has 4 rings (SSSR count). The number of benzene rings is 4. The first kappa shape index (κ1) is 56.8. The van der Waals surface area contributed by atoms with E-state index in [4.69, 9.17) is 37.8 Å². The summed E-state index contributed by atoms with van der Waals surface area (Å²) in [5.74, 6) is -8.78. The molecule has 4 aromatic rings. The van der Waals surface area contributed by atoms with Crippen molar-refractivity contribution in [3.63, 3.8) is 0 Å². The van der Waals surface area contributed by atoms with E-state index in [2.05, 4.69) is 20.3 Å². The van der Waals surface area contributed by atoms with Crippen molar-refractivity contribution in [2.75, 3.05) is 19.9 Å². The number of aliphatic hydroxyl groups is 2. The molecule has 22 heteroatoms. The quantitative estimate of drug-likeness (QED) is 0.0305. The molecule has 0 fully saturated rings. The number of carbonyl (C=O) groups excluding carboxylic acids is 6. The highest BCUT2D eigenvalue weighted by atomic mass is 35.5. The normalized spacial score (nSPS) is 12.2. The van der Waals surface area contributed by atoms with Crippen LogP contribution in [0.2, 0.25) is 10.0 Å². The Hall–Kier alpha value is -6.55. The van der Waals surface area contributed by atoms with E-state index in [0.29, 0.717) is 43.4 Å². The maximum absolute atomic E-state index is 14.2. The van der Waals surface area contributed by atoms with E-state index in [-0.39, 0.29) is 13.1 Å². The Bertz CT molecular complexity index is 2460. The highest BCUT2D eigenvalue weighted by molar-refractivity contribution is 6.33. The monoisotopic (exact) mass is 1000 g/mol. The SMILES string of the molecule is CC(=O)OCOC(=O)[C@H](O)CN(Cc1ccc(-c2cc(Cl)ccc2F)cc1)NC(=O)C(=O)OC(C)(C)C.CC(C)(C)OC(=O)C(=O)NN(Cc1ccc(-c2cc(Cl)ccc2F)cc1)C[C@@H](O)C(=O)O. The molecular formula is C47H52Cl2F2N4O14. The molecule has 5 N–H and O–H groups in total. The second-order valence-electron chi connectivity index (χ2n) is 16.9. The highest BCUT2D eigenvalue weighted by Gasteiger charge is 2.29. The summed E-state index contributed by atoms with van der Waals surface area (Å²) in [5, 5.41) is 31.9. The zero-order valence-electron chi connectivity index (χ0n) is 38.5. The van der Waals surface area contributed by atoms with Crippen LogP contribution in [0.25, 0.3) is 22.3 Å². The van der Waals surface area contributed by atoms with Crippen LogP contribution >= 0.6 is 23.2 Å². The van der Waals surface area contributed by atoms with Crippen molar-refractivity contribution < 1.29 is 76.6 Å². The number of carboxylic acid groups (broad SMARTS) is 1. The summed E-state index contributed by atoms with van der Waals surface area (Å²) >= 11 is 11.9. The van der Waals surface area contributed by atoms with Gasteiger partial charge in [-0.15, -0.1) is 0 Å². The molecule has 2 atom stereocenters. The smallest absolute Gasteiger partial charge is 0.398 e. The molecule has 4 aromatic carbocycles. The van der Waals surface area contributed by atoms with Crippen LogP contribution in [0.4, 0.5) is 8.78 Å². The summed E-state index contributed by atoms with van der Waals surface area (Å²) in [6.45, 7) is 8.86. The number of hydrogen-bond acceptors (Lipinski definition) is 15. The summed E-state index contributed by atoms with van der Waals surface area (Å²) < 4.78 is 47.5. The topological polar surface area (TPSA) is 248 Å². The van der Waals surface area contributed by atoms with Crippen molar-refractivity contribution in [2.45, 2.75) is 85.0 Å². The first-order valence-electron chi connectivity index (χ1n) is 20.7. The number of aliphatic carboxylic acids is 1. The predicted octanol–water partition coefficient (Wildman–Crippen LogP) is 5.51. The minimum atomic E-state index is -1.81. The van der Waals surface area contributed by atoms with Gasteiger partial charge in [0.15, 0.2) is 12.2 Å². The Morgan fingerprint density at radius 2 is 0.986 bits per heavy atom. The van der Waals surface area contributed by atoms with Crippen molar-refractivity contribution >= 4 is 64.9 Å². The second kappa shape index (κ2) is 25.7. The van der Waals surface area contributed by atoms with Crippen LogP contribution in [0.1, 0.15) is 59.6 Å². The maximum Gasteiger partial charge on any atom is 0.398 e. The number of ether oxygens (including phenoxy) is 4. The van der Waals surface area contributed by atoms with Gasteiger partial charge in [-0.1, -0.05) is 71.7 Å². The number of aliphatic hydroxyl groups excluding tert-OH is 2. The lowest BCUT2D eigenvalue weighted by molar-refractivity contribution is -0.174. The minimum absolute atomic E-state index is 0.0445. The van der Waals surface area contributed by atoms with Crippen LogP contribution in [0.5, 0.6) is 0 Å². The van der Waals surface area contributed by atoms with E-state index >= 15 is 0 Å². The molecule has 0 bridgehead atoms. The summed E-state index contributed by atoms with van der Waals surface area (Å²) in [6.07, 6.45) is -3.58. The van der Waals surface area contributed by atoms with Crippen LogP contribution in [0.3, 0.4) is 0 Å². The number of esters is 4. The molecule has 0 aliphatic heterocycles. The second-order valence-corrected chi connectivity index (χ2v) is 17.7. The fourth-order valence-electron chi connectivity index (χ4n) is 5.62. The third kappa shape index (κ3) is 20.3. The molecule has 0 saturated heterocycles. The first-order chi connectivity index (χ1) is 32.1. The zero-order chi connectivity index (χ0) is 51.8. The van der Waals surface area contributed by atoms with E-state index in [0.717, 1.165) is 16.9 Å². The lowest BCUT2D eigenvalue weighted by Gasteiger charge is -2.26. The number of halogens is 4. The summed E-state index contributed by atoms with van der Waals surface area (Å²) in [4.78, 5) is 82.5. The number of nitrogens with one attached hydrogen (secondary N) is 2. The van der Waals surface area contributed by atoms with Crippen molar-refractivity contribution in [1.29, 1.82) is 0 Å². The zero-order valence-corrected chi connectivity index (χ0v) is 40.0. The van der Waals surface area contributed by atoms with Gasteiger partial charge in [-0.3, -0.25) is 25.2 Å². The van der Waals surface area contributed by atoms with Gasteiger partial charge in [0.05, 0.1) is 13.1 Å². The molecule has 0 aromatic heterocycles. The fourth-order valence-corrected chi connectivity index (χ4v) is 5.97. The molecule has 0 spiro atoms. The number of hydrazine groups is 2. The van der Waals surface area contributed by atoms with Gasteiger partial charge in [0.2, 0.25) is 6.79 Å². The van der Waals surface area contributed by atoms with Gasteiger partial charge >= 0.3 is 41.7 Å². The Balaban J connectivity index is 0.000000369. The fraction of sp³-hybridized carbons (Fsp3) is 0.340. The maximum atomic E-state index is 14.2. The molecule has 0 aliphatic carbocycles. The molecular weight excluding hydrogens is 953 g/mol. The van der Waals surface area contributed by atoms with Gasteiger partial charge in [0, 0.05) is 41.2 Å². The van der Waals surface area contributed by atoms with Crippen LogP contribution in [0, 0.1) is 11.6 Å². The van der Waals surface area contributed by atoms with Crippen molar-refractivity contribution in [3.05, 3.63) is 118 Å². The predicted molar refractivity (Wildman–Crippen MR) is 245 cm³/mol. The van der Waals surface area contributed by atoms with Crippen molar-refractivity contribution in [1.82, 2.24) is 20.9 Å². The molecule has 69 heavy (non-hydrogen) atoms. The van der Waals surface area contributed by atoms with Crippen LogP contribution in [-0.4, -0.2) is 110 Å². The van der Waals surface area contributed by atoms with Crippen molar-refractivity contribution in [2.24, 2.45) is 0 Å². The summed E-state index contributed by atoms with van der Waals surface area (Å²) in [5.41, 5.74) is 5.61. The van der Waals surface area contributed by atoms with Gasteiger partial charge in [-0.25, -0.2) is 38.0 Å². The van der Waals surface area contributed by atoms with Crippen LogP contribution in [-0.2, 0) is 65.6 Å². The average Bonchev–Trinajstić information content (AvgIpc) is 3.24. The van der Waals surface area contributed by atoms with Gasteiger partial charge in [-0.05, 0) is 100 Å². The molecule has 0 aliphatic rings. The number of rotatable bonds is 16. The third-order valence-corrected chi connectivity index (χ3v) is 9.10. The van der Waals surface area contributed by atoms with Gasteiger partial charge in [0.25, 0.3) is 0 Å².